The van der Waals surface area contributed by atoms with E-state index in [-0.39, 0.29) is 31.2 Å². The van der Waals surface area contributed by atoms with Gasteiger partial charge < -0.3 is 19.6 Å². The van der Waals surface area contributed by atoms with Crippen LogP contribution < -0.4 is 0 Å². The summed E-state index contributed by atoms with van der Waals surface area (Å²) in [5, 5.41) is 8.58. The number of aliphatic carboxylic acids is 1. The highest BCUT2D eigenvalue weighted by atomic mass is 16.5. The summed E-state index contributed by atoms with van der Waals surface area (Å²) in [4.78, 5) is 25.7. The first-order valence-corrected chi connectivity index (χ1v) is 5.93. The lowest BCUT2D eigenvalue weighted by molar-refractivity contribution is -0.137. The molecule has 2 aliphatic rings. The molecule has 0 aromatic rings. The van der Waals surface area contributed by atoms with Crippen LogP contribution in [0.2, 0.25) is 0 Å². The van der Waals surface area contributed by atoms with Crippen molar-refractivity contribution < 1.29 is 19.4 Å². The van der Waals surface area contributed by atoms with E-state index in [0.717, 1.165) is 12.8 Å². The highest BCUT2D eigenvalue weighted by Crippen LogP contribution is 2.26. The molecule has 6 heteroatoms. The maximum atomic E-state index is 12.0. The summed E-state index contributed by atoms with van der Waals surface area (Å²) in [7, 11) is 1.64. The molecular formula is C11H18N2O4. The Morgan fingerprint density at radius 1 is 1.35 bits per heavy atom. The summed E-state index contributed by atoms with van der Waals surface area (Å²) in [6.45, 7) is 1.51. The number of rotatable bonds is 3. The van der Waals surface area contributed by atoms with Gasteiger partial charge in [-0.15, -0.1) is 0 Å². The summed E-state index contributed by atoms with van der Waals surface area (Å²) >= 11 is 0. The van der Waals surface area contributed by atoms with Crippen molar-refractivity contribution in [2.45, 2.75) is 31.5 Å². The third-order valence-electron chi connectivity index (χ3n) is 3.30. The van der Waals surface area contributed by atoms with E-state index in [0.29, 0.717) is 13.1 Å². The topological polar surface area (TPSA) is 70.1 Å². The maximum absolute atomic E-state index is 12.0. The number of amides is 2. The van der Waals surface area contributed by atoms with Crippen molar-refractivity contribution >= 4 is 12.0 Å². The van der Waals surface area contributed by atoms with Crippen LogP contribution in [0.5, 0.6) is 0 Å². The zero-order valence-electron chi connectivity index (χ0n) is 9.96. The second-order valence-electron chi connectivity index (χ2n) is 4.71. The summed E-state index contributed by atoms with van der Waals surface area (Å²) in [6, 6.07) is -0.0912. The highest BCUT2D eigenvalue weighted by molar-refractivity contribution is 5.75. The minimum Gasteiger partial charge on any atom is -0.481 e. The molecule has 96 valence electrons. The number of likely N-dealkylation sites (tertiary alicyclic amines) is 1. The lowest BCUT2D eigenvalue weighted by atomic mass is 10.2. The average Bonchev–Trinajstić information content (AvgIpc) is 2.64. The van der Waals surface area contributed by atoms with Gasteiger partial charge in [-0.05, 0) is 12.8 Å². The monoisotopic (exact) mass is 242 g/mol. The first-order chi connectivity index (χ1) is 8.06. The summed E-state index contributed by atoms with van der Waals surface area (Å²) < 4.78 is 5.65. The second kappa shape index (κ2) is 4.91. The van der Waals surface area contributed by atoms with Crippen LogP contribution in [0.15, 0.2) is 0 Å². The lowest BCUT2D eigenvalue weighted by Gasteiger charge is -2.34. The van der Waals surface area contributed by atoms with Crippen molar-refractivity contribution in [3.05, 3.63) is 0 Å². The smallest absolute Gasteiger partial charge is 0.319 e. The van der Waals surface area contributed by atoms with Crippen LogP contribution in [0.1, 0.15) is 19.3 Å². The predicted octanol–water partition coefficient (Wildman–Crippen LogP) is 0.376. The SMILES string of the molecule is CN(CCC(=O)O)C(=O)N1CC2CCC(C1)O2. The van der Waals surface area contributed by atoms with Gasteiger partial charge in [-0.25, -0.2) is 4.79 Å². The molecule has 2 fully saturated rings. The van der Waals surface area contributed by atoms with E-state index in [4.69, 9.17) is 9.84 Å². The van der Waals surface area contributed by atoms with E-state index in [1.54, 1.807) is 11.9 Å². The van der Waals surface area contributed by atoms with Crippen molar-refractivity contribution in [2.75, 3.05) is 26.7 Å². The molecule has 2 saturated heterocycles. The number of nitrogens with zero attached hydrogens (tertiary/aromatic N) is 2. The Labute approximate surface area is 100 Å². The van der Waals surface area contributed by atoms with E-state index in [1.807, 2.05) is 0 Å². The number of carboxylic acids is 1. The van der Waals surface area contributed by atoms with Gasteiger partial charge in [-0.2, -0.15) is 0 Å². The summed E-state index contributed by atoms with van der Waals surface area (Å²) in [6.07, 6.45) is 2.37. The zero-order chi connectivity index (χ0) is 12.4. The van der Waals surface area contributed by atoms with Gasteiger partial charge >= 0.3 is 12.0 Å². The Bertz CT molecular complexity index is 309. The van der Waals surface area contributed by atoms with Crippen molar-refractivity contribution in [1.82, 2.24) is 9.80 Å². The van der Waals surface area contributed by atoms with Crippen LogP contribution in [0.25, 0.3) is 0 Å². The van der Waals surface area contributed by atoms with Crippen LogP contribution in [-0.2, 0) is 9.53 Å². The van der Waals surface area contributed by atoms with Gasteiger partial charge in [0, 0.05) is 26.7 Å². The van der Waals surface area contributed by atoms with Gasteiger partial charge in [0.25, 0.3) is 0 Å². The number of ether oxygens (including phenoxy) is 1. The van der Waals surface area contributed by atoms with E-state index in [2.05, 4.69) is 0 Å². The van der Waals surface area contributed by atoms with Gasteiger partial charge in [-0.1, -0.05) is 0 Å². The molecule has 2 heterocycles. The number of carboxylic acid groups (broad SMARTS) is 1. The Morgan fingerprint density at radius 2 is 1.94 bits per heavy atom. The van der Waals surface area contributed by atoms with Crippen LogP contribution >= 0.6 is 0 Å². The standard InChI is InChI=1S/C11H18N2O4/c1-12(5-4-10(14)15)11(16)13-6-8-2-3-9(7-13)17-8/h8-9H,2-7H2,1H3,(H,14,15). The minimum atomic E-state index is -0.883. The third-order valence-corrected chi connectivity index (χ3v) is 3.30. The number of hydrogen-bond acceptors (Lipinski definition) is 3. The summed E-state index contributed by atoms with van der Waals surface area (Å²) in [5.74, 6) is -0.883. The van der Waals surface area contributed by atoms with Gasteiger partial charge in [0.2, 0.25) is 0 Å². The number of fused-ring (bicyclic) bond motifs is 2. The fourth-order valence-corrected chi connectivity index (χ4v) is 2.37. The Balaban J connectivity index is 1.84. The normalized spacial score (nSPS) is 27.0. The molecule has 0 radical (unpaired) electrons. The maximum Gasteiger partial charge on any atom is 0.319 e. The van der Waals surface area contributed by atoms with Crippen molar-refractivity contribution in [3.63, 3.8) is 0 Å². The molecule has 2 atom stereocenters. The first-order valence-electron chi connectivity index (χ1n) is 5.93. The molecule has 2 rings (SSSR count). The molecule has 2 amide bonds. The molecule has 0 saturated carbocycles. The molecule has 2 bridgehead atoms. The molecule has 1 N–H and O–H groups in total. The van der Waals surface area contributed by atoms with E-state index in [9.17, 15) is 9.59 Å². The molecular weight excluding hydrogens is 224 g/mol. The van der Waals surface area contributed by atoms with Gasteiger partial charge in [0.05, 0.1) is 18.6 Å². The quantitative estimate of drug-likeness (QED) is 0.776. The molecule has 2 unspecified atom stereocenters. The molecule has 2 aliphatic heterocycles. The third kappa shape index (κ3) is 2.88. The zero-order valence-corrected chi connectivity index (χ0v) is 9.96. The molecule has 0 spiro atoms. The van der Waals surface area contributed by atoms with E-state index < -0.39 is 5.97 Å². The molecule has 6 nitrogen and oxygen atoms in total. The second-order valence-corrected chi connectivity index (χ2v) is 4.71. The number of carbonyl (C=O) groups excluding carboxylic acids is 1. The Hall–Kier alpha value is -1.30. The van der Waals surface area contributed by atoms with E-state index in [1.165, 1.54) is 4.90 Å². The molecule has 17 heavy (non-hydrogen) atoms. The van der Waals surface area contributed by atoms with Crippen LogP contribution in [0, 0.1) is 0 Å². The number of urea groups is 1. The highest BCUT2D eigenvalue weighted by Gasteiger charge is 2.36. The molecule has 0 aliphatic carbocycles. The number of morpholine rings is 1. The predicted molar refractivity (Wildman–Crippen MR) is 59.7 cm³/mol. The van der Waals surface area contributed by atoms with Gasteiger partial charge in [0.1, 0.15) is 0 Å². The Kier molecular flexibility index (Phi) is 3.51. The van der Waals surface area contributed by atoms with E-state index >= 15 is 0 Å². The van der Waals surface area contributed by atoms with Crippen LogP contribution in [-0.4, -0.2) is 65.8 Å². The fraction of sp³-hybridized carbons (Fsp3) is 0.818. The minimum absolute atomic E-state index is 0.0144. The molecule has 0 aromatic heterocycles. The van der Waals surface area contributed by atoms with Crippen molar-refractivity contribution in [1.29, 1.82) is 0 Å². The van der Waals surface area contributed by atoms with Crippen LogP contribution in [0.3, 0.4) is 0 Å². The van der Waals surface area contributed by atoms with Gasteiger partial charge in [0.15, 0.2) is 0 Å². The largest absolute Gasteiger partial charge is 0.481 e. The van der Waals surface area contributed by atoms with Crippen molar-refractivity contribution in [3.8, 4) is 0 Å². The average molecular weight is 242 g/mol. The summed E-state index contributed by atoms with van der Waals surface area (Å²) in [5.41, 5.74) is 0. The van der Waals surface area contributed by atoms with Crippen molar-refractivity contribution in [2.24, 2.45) is 0 Å². The number of hydrogen-bond donors (Lipinski definition) is 1. The number of carbonyl (C=O) groups is 2. The fourth-order valence-electron chi connectivity index (χ4n) is 2.37. The molecule has 0 aromatic carbocycles. The van der Waals surface area contributed by atoms with Crippen LogP contribution in [0.4, 0.5) is 4.79 Å². The lowest BCUT2D eigenvalue weighted by Crippen LogP contribution is -2.50. The first kappa shape index (κ1) is 12.2. The Morgan fingerprint density at radius 3 is 2.47 bits per heavy atom. The van der Waals surface area contributed by atoms with Gasteiger partial charge in [-0.3, -0.25) is 4.79 Å².